The van der Waals surface area contributed by atoms with Crippen LogP contribution in [0.5, 0.6) is 5.75 Å². The molecule has 0 saturated carbocycles. The number of thioether (sulfide) groups is 1. The zero-order valence-electron chi connectivity index (χ0n) is 12.3. The maximum atomic E-state index is 12.0. The molecule has 1 aromatic carbocycles. The Hall–Kier alpha value is -2.52. The van der Waals surface area contributed by atoms with Crippen molar-refractivity contribution in [3.05, 3.63) is 52.3 Å². The van der Waals surface area contributed by atoms with Crippen LogP contribution in [-0.4, -0.2) is 22.8 Å². The summed E-state index contributed by atoms with van der Waals surface area (Å²) in [6, 6.07) is 9.11. The largest absolute Gasteiger partial charge is 0.489 e. The molecular formula is C16H15N3O2S. The van der Waals surface area contributed by atoms with Gasteiger partial charge in [0, 0.05) is 5.56 Å². The quantitative estimate of drug-likeness (QED) is 0.521. The van der Waals surface area contributed by atoms with Crippen LogP contribution in [0, 0.1) is 11.3 Å². The molecule has 0 aliphatic rings. The molecule has 1 N–H and O–H groups in total. The lowest BCUT2D eigenvalue weighted by Crippen LogP contribution is -2.15. The van der Waals surface area contributed by atoms with E-state index in [1.54, 1.807) is 18.4 Å². The van der Waals surface area contributed by atoms with Gasteiger partial charge >= 0.3 is 0 Å². The topological polar surface area (TPSA) is 78.8 Å². The van der Waals surface area contributed by atoms with Crippen LogP contribution in [0.4, 0.5) is 0 Å². The molecule has 0 unspecified atom stereocenters. The Morgan fingerprint density at radius 3 is 2.86 bits per heavy atom. The molecule has 0 aliphatic heterocycles. The van der Waals surface area contributed by atoms with E-state index in [0.717, 1.165) is 5.57 Å². The van der Waals surface area contributed by atoms with E-state index >= 15 is 0 Å². The van der Waals surface area contributed by atoms with Crippen LogP contribution < -0.4 is 10.3 Å². The average molecular weight is 313 g/mol. The number of ether oxygens (including phenoxy) is 1. The first-order chi connectivity index (χ1) is 10.6. The third-order valence-electron chi connectivity index (χ3n) is 2.82. The van der Waals surface area contributed by atoms with Crippen molar-refractivity contribution in [3.8, 4) is 23.1 Å². The summed E-state index contributed by atoms with van der Waals surface area (Å²) in [6.45, 7) is 6.02. The fraction of sp³-hybridized carbons (Fsp3) is 0.188. The molecule has 0 spiro atoms. The fourth-order valence-electron chi connectivity index (χ4n) is 1.84. The molecule has 6 heteroatoms. The number of nitrogens with one attached hydrogen (secondary N) is 1. The summed E-state index contributed by atoms with van der Waals surface area (Å²) in [5, 5.41) is 9.71. The molecule has 0 amide bonds. The van der Waals surface area contributed by atoms with E-state index in [1.807, 2.05) is 25.1 Å². The van der Waals surface area contributed by atoms with Gasteiger partial charge < -0.3 is 9.72 Å². The highest BCUT2D eigenvalue weighted by atomic mass is 32.2. The predicted molar refractivity (Wildman–Crippen MR) is 87.1 cm³/mol. The number of hydrogen-bond donors (Lipinski definition) is 1. The van der Waals surface area contributed by atoms with E-state index in [-0.39, 0.29) is 5.56 Å². The summed E-state index contributed by atoms with van der Waals surface area (Å²) in [5.74, 6) is 0.562. The van der Waals surface area contributed by atoms with Crippen LogP contribution in [0.2, 0.25) is 0 Å². The van der Waals surface area contributed by atoms with Crippen molar-refractivity contribution >= 4 is 11.8 Å². The van der Waals surface area contributed by atoms with E-state index in [9.17, 15) is 10.1 Å². The van der Waals surface area contributed by atoms with Crippen LogP contribution >= 0.6 is 11.8 Å². The van der Waals surface area contributed by atoms with Gasteiger partial charge in [-0.25, -0.2) is 4.98 Å². The van der Waals surface area contributed by atoms with E-state index < -0.39 is 5.56 Å². The number of rotatable bonds is 5. The molecule has 22 heavy (non-hydrogen) atoms. The second-order valence-corrected chi connectivity index (χ2v) is 5.45. The number of hydrogen-bond acceptors (Lipinski definition) is 5. The fourth-order valence-corrected chi connectivity index (χ4v) is 2.21. The van der Waals surface area contributed by atoms with E-state index in [1.165, 1.54) is 11.8 Å². The second kappa shape index (κ2) is 6.96. The molecule has 2 rings (SSSR count). The van der Waals surface area contributed by atoms with Crippen LogP contribution in [0.15, 0.2) is 46.4 Å². The number of nitriles is 1. The molecule has 0 saturated heterocycles. The van der Waals surface area contributed by atoms with Crippen molar-refractivity contribution in [1.82, 2.24) is 9.97 Å². The van der Waals surface area contributed by atoms with Crippen molar-refractivity contribution in [2.24, 2.45) is 0 Å². The van der Waals surface area contributed by atoms with Crippen molar-refractivity contribution in [2.75, 3.05) is 12.9 Å². The monoisotopic (exact) mass is 313 g/mol. The van der Waals surface area contributed by atoms with Gasteiger partial charge in [-0.3, -0.25) is 4.79 Å². The minimum absolute atomic E-state index is 0.0239. The Bertz CT molecular complexity index is 806. The lowest BCUT2D eigenvalue weighted by Gasteiger charge is -2.12. The molecule has 112 valence electrons. The standard InChI is InChI=1S/C16H15N3O2S/c1-10(2)9-21-13-7-5-4-6-11(13)14-12(8-17)15(20)19-16(18-14)22-3/h4-7H,1,9H2,2-3H3,(H,18,19,20). The maximum absolute atomic E-state index is 12.0. The summed E-state index contributed by atoms with van der Waals surface area (Å²) >= 11 is 1.30. The molecule has 1 aromatic heterocycles. The smallest absolute Gasteiger partial charge is 0.270 e. The Labute approximate surface area is 132 Å². The molecule has 5 nitrogen and oxygen atoms in total. The third kappa shape index (κ3) is 3.38. The molecule has 0 radical (unpaired) electrons. The number of para-hydroxylation sites is 1. The van der Waals surface area contributed by atoms with Gasteiger partial charge in [-0.05, 0) is 30.9 Å². The van der Waals surface area contributed by atoms with Crippen LogP contribution in [0.1, 0.15) is 12.5 Å². The summed E-state index contributed by atoms with van der Waals surface area (Å²) < 4.78 is 5.70. The van der Waals surface area contributed by atoms with Crippen molar-refractivity contribution in [3.63, 3.8) is 0 Å². The van der Waals surface area contributed by atoms with Gasteiger partial charge in [0.15, 0.2) is 5.16 Å². The first-order valence-corrected chi connectivity index (χ1v) is 7.74. The van der Waals surface area contributed by atoms with Crippen LogP contribution in [0.3, 0.4) is 0 Å². The first-order valence-electron chi connectivity index (χ1n) is 6.51. The van der Waals surface area contributed by atoms with Crippen LogP contribution in [0.25, 0.3) is 11.3 Å². The van der Waals surface area contributed by atoms with E-state index in [4.69, 9.17) is 4.74 Å². The van der Waals surface area contributed by atoms with E-state index in [2.05, 4.69) is 16.5 Å². The predicted octanol–water partition coefficient (Wildman–Crippen LogP) is 2.99. The lowest BCUT2D eigenvalue weighted by atomic mass is 10.1. The highest BCUT2D eigenvalue weighted by Crippen LogP contribution is 2.30. The highest BCUT2D eigenvalue weighted by molar-refractivity contribution is 7.98. The van der Waals surface area contributed by atoms with Gasteiger partial charge in [-0.1, -0.05) is 30.5 Å². The zero-order valence-corrected chi connectivity index (χ0v) is 13.2. The van der Waals surface area contributed by atoms with Crippen molar-refractivity contribution < 1.29 is 4.74 Å². The van der Waals surface area contributed by atoms with Crippen molar-refractivity contribution in [1.29, 1.82) is 5.26 Å². The molecule has 0 bridgehead atoms. The average Bonchev–Trinajstić information content (AvgIpc) is 2.52. The summed E-state index contributed by atoms with van der Waals surface area (Å²) in [7, 11) is 0. The first kappa shape index (κ1) is 15.9. The Morgan fingerprint density at radius 1 is 1.50 bits per heavy atom. The van der Waals surface area contributed by atoms with Gasteiger partial charge in [-0.2, -0.15) is 5.26 Å². The minimum atomic E-state index is -0.452. The van der Waals surface area contributed by atoms with Gasteiger partial charge in [0.1, 0.15) is 29.7 Å². The summed E-state index contributed by atoms with van der Waals surface area (Å²) in [5.41, 5.74) is 1.34. The number of benzene rings is 1. The van der Waals surface area contributed by atoms with Crippen molar-refractivity contribution in [2.45, 2.75) is 12.1 Å². The number of aromatic amines is 1. The molecule has 0 aliphatic carbocycles. The molecule has 0 atom stereocenters. The number of H-pyrrole nitrogens is 1. The number of aromatic nitrogens is 2. The van der Waals surface area contributed by atoms with Gasteiger partial charge in [0.2, 0.25) is 0 Å². The Morgan fingerprint density at radius 2 is 2.23 bits per heavy atom. The molecular weight excluding hydrogens is 298 g/mol. The third-order valence-corrected chi connectivity index (χ3v) is 3.40. The lowest BCUT2D eigenvalue weighted by molar-refractivity contribution is 0.354. The SMILES string of the molecule is C=C(C)COc1ccccc1-c1nc(SC)[nH]c(=O)c1C#N. The summed E-state index contributed by atoms with van der Waals surface area (Å²) in [6.07, 6.45) is 1.80. The Kier molecular flexibility index (Phi) is 5.02. The van der Waals surface area contributed by atoms with Gasteiger partial charge in [-0.15, -0.1) is 0 Å². The Balaban J connectivity index is 2.61. The van der Waals surface area contributed by atoms with Crippen LogP contribution in [-0.2, 0) is 0 Å². The molecule has 1 heterocycles. The molecule has 2 aromatic rings. The van der Waals surface area contributed by atoms with Gasteiger partial charge in [0.05, 0.1) is 0 Å². The van der Waals surface area contributed by atoms with Gasteiger partial charge in [0.25, 0.3) is 5.56 Å². The number of nitrogens with zero attached hydrogens (tertiary/aromatic N) is 2. The normalized spacial score (nSPS) is 10.0. The zero-order chi connectivity index (χ0) is 16.1. The minimum Gasteiger partial charge on any atom is -0.489 e. The highest BCUT2D eigenvalue weighted by Gasteiger charge is 2.16. The second-order valence-electron chi connectivity index (χ2n) is 4.65. The van der Waals surface area contributed by atoms with E-state index in [0.29, 0.717) is 28.8 Å². The maximum Gasteiger partial charge on any atom is 0.270 e. The summed E-state index contributed by atoms with van der Waals surface area (Å²) in [4.78, 5) is 19.0. The molecule has 0 fully saturated rings.